The van der Waals surface area contributed by atoms with E-state index in [0.29, 0.717) is 0 Å². The highest BCUT2D eigenvalue weighted by molar-refractivity contribution is 7.99. The lowest BCUT2D eigenvalue weighted by Gasteiger charge is -2.28. The van der Waals surface area contributed by atoms with E-state index in [9.17, 15) is 4.79 Å². The van der Waals surface area contributed by atoms with Crippen LogP contribution in [0.25, 0.3) is 0 Å². The summed E-state index contributed by atoms with van der Waals surface area (Å²) in [6.07, 6.45) is 6.40. The van der Waals surface area contributed by atoms with Crippen LogP contribution in [0, 0.1) is 17.8 Å². The Balaban J connectivity index is 1.86. The van der Waals surface area contributed by atoms with Crippen LogP contribution in [-0.4, -0.2) is 24.0 Å². The van der Waals surface area contributed by atoms with Crippen LogP contribution in [0.4, 0.5) is 0 Å². The summed E-state index contributed by atoms with van der Waals surface area (Å²) in [4.78, 5) is 10.8. The SMILES string of the molecule is CSC1CC2CC(CNC(C)=O)C1C2. The minimum absolute atomic E-state index is 0.119. The average molecular weight is 213 g/mol. The van der Waals surface area contributed by atoms with Gasteiger partial charge < -0.3 is 5.32 Å². The first kappa shape index (κ1) is 10.3. The van der Waals surface area contributed by atoms with Gasteiger partial charge in [0, 0.05) is 18.7 Å². The third kappa shape index (κ3) is 1.92. The van der Waals surface area contributed by atoms with Gasteiger partial charge in [0.15, 0.2) is 0 Å². The van der Waals surface area contributed by atoms with Crippen LogP contribution >= 0.6 is 11.8 Å². The zero-order chi connectivity index (χ0) is 10.1. The molecule has 2 bridgehead atoms. The molecule has 2 aliphatic carbocycles. The molecule has 14 heavy (non-hydrogen) atoms. The molecule has 4 unspecified atom stereocenters. The maximum atomic E-state index is 10.8. The van der Waals surface area contributed by atoms with Gasteiger partial charge in [-0.3, -0.25) is 4.79 Å². The Hall–Kier alpha value is -0.180. The van der Waals surface area contributed by atoms with Crippen molar-refractivity contribution in [3.8, 4) is 0 Å². The molecule has 1 amide bonds. The lowest BCUT2D eigenvalue weighted by Crippen LogP contribution is -2.33. The third-order valence-corrected chi connectivity index (χ3v) is 4.95. The Bertz CT molecular complexity index is 231. The van der Waals surface area contributed by atoms with Crippen LogP contribution in [0.5, 0.6) is 0 Å². The van der Waals surface area contributed by atoms with Crippen molar-refractivity contribution in [3.63, 3.8) is 0 Å². The van der Waals surface area contributed by atoms with E-state index in [0.717, 1.165) is 29.5 Å². The van der Waals surface area contributed by atoms with E-state index in [1.807, 2.05) is 11.8 Å². The van der Waals surface area contributed by atoms with Crippen molar-refractivity contribution < 1.29 is 4.79 Å². The Kier molecular flexibility index (Phi) is 3.05. The standard InChI is InChI=1S/C11H19NOS/c1-7(13)12-6-9-3-8-4-10(9)11(5-8)14-2/h8-11H,3-6H2,1-2H3,(H,12,13). The molecule has 4 atom stereocenters. The minimum atomic E-state index is 0.119. The van der Waals surface area contributed by atoms with Crippen LogP contribution in [0.15, 0.2) is 0 Å². The number of nitrogens with one attached hydrogen (secondary N) is 1. The normalized spacial score (nSPS) is 40.1. The summed E-state index contributed by atoms with van der Waals surface area (Å²) in [5, 5.41) is 3.84. The molecule has 0 heterocycles. The Labute approximate surface area is 90.2 Å². The summed E-state index contributed by atoms with van der Waals surface area (Å²) in [6, 6.07) is 0. The first-order chi connectivity index (χ1) is 6.70. The highest BCUT2D eigenvalue weighted by atomic mass is 32.2. The van der Waals surface area contributed by atoms with Crippen molar-refractivity contribution >= 4 is 17.7 Å². The summed E-state index contributed by atoms with van der Waals surface area (Å²) in [7, 11) is 0. The fourth-order valence-corrected chi connectivity index (χ4v) is 4.36. The Morgan fingerprint density at radius 3 is 2.79 bits per heavy atom. The summed E-state index contributed by atoms with van der Waals surface area (Å²) in [6.45, 7) is 2.52. The molecule has 0 aromatic rings. The number of hydrogen-bond acceptors (Lipinski definition) is 2. The molecule has 0 spiro atoms. The monoisotopic (exact) mass is 213 g/mol. The Morgan fingerprint density at radius 2 is 2.21 bits per heavy atom. The zero-order valence-corrected chi connectivity index (χ0v) is 9.77. The smallest absolute Gasteiger partial charge is 0.216 e. The van der Waals surface area contributed by atoms with Gasteiger partial charge in [0.2, 0.25) is 5.91 Å². The largest absolute Gasteiger partial charge is 0.356 e. The van der Waals surface area contributed by atoms with Crippen LogP contribution in [0.2, 0.25) is 0 Å². The van der Waals surface area contributed by atoms with Gasteiger partial charge in [-0.1, -0.05) is 0 Å². The maximum Gasteiger partial charge on any atom is 0.216 e. The summed E-state index contributed by atoms with van der Waals surface area (Å²) < 4.78 is 0. The molecule has 2 nitrogen and oxygen atoms in total. The van der Waals surface area contributed by atoms with E-state index < -0.39 is 0 Å². The second-order valence-corrected chi connectivity index (χ2v) is 5.79. The van der Waals surface area contributed by atoms with Crippen molar-refractivity contribution in [1.82, 2.24) is 5.32 Å². The fourth-order valence-electron chi connectivity index (χ4n) is 3.21. The van der Waals surface area contributed by atoms with Gasteiger partial charge >= 0.3 is 0 Å². The van der Waals surface area contributed by atoms with Crippen LogP contribution in [-0.2, 0) is 4.79 Å². The van der Waals surface area contributed by atoms with Crippen molar-refractivity contribution in [2.24, 2.45) is 17.8 Å². The van der Waals surface area contributed by atoms with Crippen molar-refractivity contribution in [2.45, 2.75) is 31.4 Å². The van der Waals surface area contributed by atoms with E-state index in [-0.39, 0.29) is 5.91 Å². The van der Waals surface area contributed by atoms with Crippen LogP contribution in [0.3, 0.4) is 0 Å². The van der Waals surface area contributed by atoms with E-state index in [4.69, 9.17) is 0 Å². The number of amides is 1. The molecule has 2 fully saturated rings. The molecular formula is C11H19NOS. The number of thioether (sulfide) groups is 1. The molecule has 2 saturated carbocycles. The van der Waals surface area contributed by atoms with Gasteiger partial charge in [-0.15, -0.1) is 0 Å². The van der Waals surface area contributed by atoms with Gasteiger partial charge in [0.25, 0.3) is 0 Å². The number of fused-ring (bicyclic) bond motifs is 2. The van der Waals surface area contributed by atoms with E-state index in [1.54, 1.807) is 6.92 Å². The molecule has 1 N–H and O–H groups in total. The van der Waals surface area contributed by atoms with Gasteiger partial charge in [-0.25, -0.2) is 0 Å². The highest BCUT2D eigenvalue weighted by Gasteiger charge is 2.45. The number of hydrogen-bond donors (Lipinski definition) is 1. The second-order valence-electron chi connectivity index (χ2n) is 4.71. The average Bonchev–Trinajstić information content (AvgIpc) is 2.72. The maximum absolute atomic E-state index is 10.8. The van der Waals surface area contributed by atoms with Crippen LogP contribution < -0.4 is 5.32 Å². The van der Waals surface area contributed by atoms with Gasteiger partial charge in [0.05, 0.1) is 0 Å². The summed E-state index contributed by atoms with van der Waals surface area (Å²) >= 11 is 2.02. The third-order valence-electron chi connectivity index (χ3n) is 3.81. The molecule has 0 saturated heterocycles. The summed E-state index contributed by atoms with van der Waals surface area (Å²) in [5.41, 5.74) is 0. The van der Waals surface area contributed by atoms with E-state index in [2.05, 4.69) is 11.6 Å². The van der Waals surface area contributed by atoms with Gasteiger partial charge in [0.1, 0.15) is 0 Å². The van der Waals surface area contributed by atoms with Gasteiger partial charge in [-0.05, 0) is 43.3 Å². The number of carbonyl (C=O) groups is 1. The molecule has 0 radical (unpaired) electrons. The molecule has 2 aliphatic rings. The highest BCUT2D eigenvalue weighted by Crippen LogP contribution is 2.51. The topological polar surface area (TPSA) is 29.1 Å². The molecule has 2 rings (SSSR count). The predicted octanol–water partition coefficient (Wildman–Crippen LogP) is 1.90. The first-order valence-electron chi connectivity index (χ1n) is 5.48. The molecule has 0 aromatic heterocycles. The lowest BCUT2D eigenvalue weighted by atomic mass is 9.88. The fraction of sp³-hybridized carbons (Fsp3) is 0.909. The van der Waals surface area contributed by atoms with Crippen molar-refractivity contribution in [3.05, 3.63) is 0 Å². The molecule has 0 aromatic carbocycles. The second kappa shape index (κ2) is 4.13. The molecular weight excluding hydrogens is 194 g/mol. The molecule has 3 heteroatoms. The number of rotatable bonds is 3. The van der Waals surface area contributed by atoms with Crippen LogP contribution in [0.1, 0.15) is 26.2 Å². The number of carbonyl (C=O) groups excluding carboxylic acids is 1. The minimum Gasteiger partial charge on any atom is -0.356 e. The molecule has 80 valence electrons. The van der Waals surface area contributed by atoms with Crippen molar-refractivity contribution in [1.29, 1.82) is 0 Å². The first-order valence-corrected chi connectivity index (χ1v) is 6.76. The van der Waals surface area contributed by atoms with Crippen molar-refractivity contribution in [2.75, 3.05) is 12.8 Å². The van der Waals surface area contributed by atoms with Gasteiger partial charge in [-0.2, -0.15) is 11.8 Å². The Morgan fingerprint density at radius 1 is 1.43 bits per heavy atom. The van der Waals surface area contributed by atoms with E-state index >= 15 is 0 Å². The predicted molar refractivity (Wildman–Crippen MR) is 60.3 cm³/mol. The lowest BCUT2D eigenvalue weighted by molar-refractivity contribution is -0.119. The molecule has 0 aliphatic heterocycles. The summed E-state index contributed by atoms with van der Waals surface area (Å²) in [5.74, 6) is 2.71. The zero-order valence-electron chi connectivity index (χ0n) is 8.95. The quantitative estimate of drug-likeness (QED) is 0.776. The van der Waals surface area contributed by atoms with E-state index in [1.165, 1.54) is 19.3 Å².